The highest BCUT2D eigenvalue weighted by atomic mass is 35.5. The fourth-order valence-corrected chi connectivity index (χ4v) is 3.21. The van der Waals surface area contributed by atoms with Gasteiger partial charge < -0.3 is 5.32 Å². The van der Waals surface area contributed by atoms with Gasteiger partial charge in [0.25, 0.3) is 0 Å². The minimum Gasteiger partial charge on any atom is -0.316 e. The van der Waals surface area contributed by atoms with E-state index in [1.807, 2.05) is 23.8 Å². The maximum Gasteiger partial charge on any atom is 0.0794 e. The van der Waals surface area contributed by atoms with E-state index in [1.54, 1.807) is 11.3 Å². The van der Waals surface area contributed by atoms with Crippen LogP contribution in [0.4, 0.5) is 0 Å². The molecule has 0 spiro atoms. The molecule has 0 aliphatic rings. The van der Waals surface area contributed by atoms with Crippen molar-refractivity contribution in [3.8, 4) is 0 Å². The molecule has 0 radical (unpaired) electrons. The van der Waals surface area contributed by atoms with Crippen LogP contribution in [0.3, 0.4) is 0 Å². The molecule has 1 N–H and O–H groups in total. The summed E-state index contributed by atoms with van der Waals surface area (Å²) in [5.74, 6) is 1.27. The minimum absolute atomic E-state index is 0.588. The van der Waals surface area contributed by atoms with Crippen molar-refractivity contribution in [2.45, 2.75) is 26.7 Å². The van der Waals surface area contributed by atoms with Gasteiger partial charge in [-0.25, -0.2) is 0 Å². The molecule has 0 amide bonds. The lowest BCUT2D eigenvalue weighted by Gasteiger charge is -2.18. The molecule has 0 aliphatic heterocycles. The fourth-order valence-electron chi connectivity index (χ4n) is 2.37. The number of thiazole rings is 1. The molecule has 114 valence electrons. The van der Waals surface area contributed by atoms with Crippen molar-refractivity contribution in [2.24, 2.45) is 11.8 Å². The Hall–Kier alpha value is -0.900. The van der Waals surface area contributed by atoms with E-state index >= 15 is 0 Å². The Morgan fingerprint density at radius 2 is 1.90 bits per heavy atom. The van der Waals surface area contributed by atoms with E-state index in [2.05, 4.69) is 36.3 Å². The number of hydrogen-bond acceptors (Lipinski definition) is 3. The average Bonchev–Trinajstić information content (AvgIpc) is 2.94. The Bertz CT molecular complexity index is 508. The van der Waals surface area contributed by atoms with Crippen molar-refractivity contribution >= 4 is 22.9 Å². The maximum absolute atomic E-state index is 5.96. The van der Waals surface area contributed by atoms with Crippen molar-refractivity contribution in [1.82, 2.24) is 10.3 Å². The van der Waals surface area contributed by atoms with Crippen LogP contribution in [-0.4, -0.2) is 18.1 Å². The van der Waals surface area contributed by atoms with Crippen molar-refractivity contribution in [1.29, 1.82) is 0 Å². The van der Waals surface area contributed by atoms with Crippen LogP contribution in [0.1, 0.15) is 24.3 Å². The van der Waals surface area contributed by atoms with Crippen molar-refractivity contribution in [2.75, 3.05) is 13.1 Å². The molecule has 0 bridgehead atoms. The molecule has 0 fully saturated rings. The molecule has 2 aromatic rings. The largest absolute Gasteiger partial charge is 0.316 e. The second kappa shape index (κ2) is 8.52. The van der Waals surface area contributed by atoms with E-state index < -0.39 is 0 Å². The molecule has 2 nitrogen and oxygen atoms in total. The normalized spacial score (nSPS) is 12.8. The zero-order valence-electron chi connectivity index (χ0n) is 12.7. The monoisotopic (exact) mass is 322 g/mol. The zero-order valence-corrected chi connectivity index (χ0v) is 14.3. The van der Waals surface area contributed by atoms with E-state index in [0.717, 1.165) is 31.0 Å². The first-order valence-electron chi connectivity index (χ1n) is 7.46. The Labute approximate surface area is 136 Å². The predicted molar refractivity (Wildman–Crippen MR) is 92.2 cm³/mol. The molecule has 1 aromatic heterocycles. The third kappa shape index (κ3) is 6.16. The van der Waals surface area contributed by atoms with Gasteiger partial charge in [0.2, 0.25) is 0 Å². The van der Waals surface area contributed by atoms with Crippen LogP contribution in [0.15, 0.2) is 36.0 Å². The summed E-state index contributed by atoms with van der Waals surface area (Å²) in [5.41, 5.74) is 3.26. The Kier molecular flexibility index (Phi) is 6.68. The van der Waals surface area contributed by atoms with E-state index in [4.69, 9.17) is 11.6 Å². The lowest BCUT2D eigenvalue weighted by molar-refractivity contribution is 0.447. The number of nitrogens with zero attached hydrogens (tertiary/aromatic N) is 1. The van der Waals surface area contributed by atoms with Gasteiger partial charge in [0, 0.05) is 16.1 Å². The van der Waals surface area contributed by atoms with Crippen LogP contribution in [-0.2, 0) is 12.8 Å². The summed E-state index contributed by atoms with van der Waals surface area (Å²) >= 11 is 7.71. The van der Waals surface area contributed by atoms with Crippen LogP contribution < -0.4 is 5.32 Å². The van der Waals surface area contributed by atoms with Crippen LogP contribution in [0.25, 0.3) is 0 Å². The molecule has 1 heterocycles. The third-order valence-electron chi connectivity index (χ3n) is 3.40. The number of halogens is 1. The highest BCUT2D eigenvalue weighted by molar-refractivity contribution is 7.09. The second-order valence-corrected chi connectivity index (χ2v) is 7.33. The number of rotatable bonds is 8. The van der Waals surface area contributed by atoms with Gasteiger partial charge in [-0.05, 0) is 55.5 Å². The van der Waals surface area contributed by atoms with Crippen LogP contribution in [0, 0.1) is 11.8 Å². The zero-order chi connectivity index (χ0) is 15.1. The van der Waals surface area contributed by atoms with Gasteiger partial charge in [-0.2, -0.15) is 0 Å². The SMILES string of the molecule is CC(C)CNCC(Cc1ccc(Cl)cc1)Cc1cncs1. The summed E-state index contributed by atoms with van der Waals surface area (Å²) < 4.78 is 0. The minimum atomic E-state index is 0.588. The first-order chi connectivity index (χ1) is 10.1. The molecule has 21 heavy (non-hydrogen) atoms. The Balaban J connectivity index is 1.95. The molecule has 1 atom stereocenters. The molecule has 2 rings (SSSR count). The van der Waals surface area contributed by atoms with Crippen molar-refractivity contribution in [3.05, 3.63) is 51.4 Å². The van der Waals surface area contributed by atoms with Gasteiger partial charge in [-0.15, -0.1) is 11.3 Å². The number of hydrogen-bond donors (Lipinski definition) is 1. The van der Waals surface area contributed by atoms with Crippen molar-refractivity contribution in [3.63, 3.8) is 0 Å². The maximum atomic E-state index is 5.96. The van der Waals surface area contributed by atoms with Crippen LogP contribution >= 0.6 is 22.9 Å². The number of nitrogens with one attached hydrogen (secondary N) is 1. The summed E-state index contributed by atoms with van der Waals surface area (Å²) in [6, 6.07) is 8.21. The van der Waals surface area contributed by atoms with Crippen molar-refractivity contribution < 1.29 is 0 Å². The summed E-state index contributed by atoms with van der Waals surface area (Å²) in [4.78, 5) is 5.54. The first kappa shape index (κ1) is 16.5. The van der Waals surface area contributed by atoms with Crippen LogP contribution in [0.2, 0.25) is 5.02 Å². The smallest absolute Gasteiger partial charge is 0.0794 e. The summed E-state index contributed by atoms with van der Waals surface area (Å²) in [6.07, 6.45) is 4.14. The average molecular weight is 323 g/mol. The second-order valence-electron chi connectivity index (χ2n) is 5.92. The van der Waals surface area contributed by atoms with E-state index in [0.29, 0.717) is 11.8 Å². The highest BCUT2D eigenvalue weighted by Crippen LogP contribution is 2.18. The number of aromatic nitrogens is 1. The molecule has 0 saturated heterocycles. The molecule has 0 aliphatic carbocycles. The van der Waals surface area contributed by atoms with Gasteiger partial charge >= 0.3 is 0 Å². The molecular formula is C17H23ClN2S. The Morgan fingerprint density at radius 3 is 2.52 bits per heavy atom. The van der Waals surface area contributed by atoms with Gasteiger partial charge in [0.05, 0.1) is 5.51 Å². The standard InChI is InChI=1S/C17H23ClN2S/c1-13(2)9-19-10-15(8-17-11-20-12-21-17)7-14-3-5-16(18)6-4-14/h3-6,11-13,15,19H,7-10H2,1-2H3. The molecule has 0 saturated carbocycles. The third-order valence-corrected chi connectivity index (χ3v) is 4.45. The summed E-state index contributed by atoms with van der Waals surface area (Å²) in [5, 5.41) is 4.39. The van der Waals surface area contributed by atoms with Gasteiger partial charge in [0.1, 0.15) is 0 Å². The highest BCUT2D eigenvalue weighted by Gasteiger charge is 2.12. The lowest BCUT2D eigenvalue weighted by atomic mass is 9.95. The molecule has 4 heteroatoms. The van der Waals surface area contributed by atoms with Gasteiger partial charge in [-0.3, -0.25) is 4.98 Å². The summed E-state index contributed by atoms with van der Waals surface area (Å²) in [7, 11) is 0. The summed E-state index contributed by atoms with van der Waals surface area (Å²) in [6.45, 7) is 6.59. The molecule has 1 unspecified atom stereocenters. The lowest BCUT2D eigenvalue weighted by Crippen LogP contribution is -2.28. The van der Waals surface area contributed by atoms with Gasteiger partial charge in [0.15, 0.2) is 0 Å². The van der Waals surface area contributed by atoms with Gasteiger partial charge in [-0.1, -0.05) is 37.6 Å². The van der Waals surface area contributed by atoms with Crippen LogP contribution in [0.5, 0.6) is 0 Å². The van der Waals surface area contributed by atoms with E-state index in [-0.39, 0.29) is 0 Å². The molecule has 1 aromatic carbocycles. The molecular weight excluding hydrogens is 300 g/mol. The predicted octanol–water partition coefficient (Wildman–Crippen LogP) is 4.44. The van der Waals surface area contributed by atoms with E-state index in [9.17, 15) is 0 Å². The number of benzene rings is 1. The topological polar surface area (TPSA) is 24.9 Å². The Morgan fingerprint density at radius 1 is 1.14 bits per heavy atom. The first-order valence-corrected chi connectivity index (χ1v) is 8.71. The quantitative estimate of drug-likeness (QED) is 0.777. The van der Waals surface area contributed by atoms with E-state index in [1.165, 1.54) is 10.4 Å². The fraction of sp³-hybridized carbons (Fsp3) is 0.471.